The molecule has 1 heterocycles. The molecule has 1 N–H and O–H groups in total. The Kier molecular flexibility index (Phi) is 10.1. The summed E-state index contributed by atoms with van der Waals surface area (Å²) in [4.78, 5) is 14.3. The van der Waals surface area contributed by atoms with Gasteiger partial charge in [0.2, 0.25) is 0 Å². The highest BCUT2D eigenvalue weighted by atomic mass is 16.5. The van der Waals surface area contributed by atoms with E-state index in [0.717, 1.165) is 51.7 Å². The van der Waals surface area contributed by atoms with Crippen molar-refractivity contribution in [3.05, 3.63) is 11.8 Å². The molecule has 1 saturated heterocycles. The van der Waals surface area contributed by atoms with Gasteiger partial charge in [0.25, 0.3) is 5.91 Å². The van der Waals surface area contributed by atoms with E-state index in [2.05, 4.69) is 24.1 Å². The third-order valence-electron chi connectivity index (χ3n) is 4.20. The largest absolute Gasteiger partial charge is 0.381 e. The van der Waals surface area contributed by atoms with Crippen molar-refractivity contribution < 1.29 is 9.53 Å². The van der Waals surface area contributed by atoms with Gasteiger partial charge in [-0.1, -0.05) is 20.3 Å². The summed E-state index contributed by atoms with van der Waals surface area (Å²) >= 11 is 0. The van der Waals surface area contributed by atoms with Gasteiger partial charge in [-0.3, -0.25) is 4.79 Å². The lowest BCUT2D eigenvalue weighted by molar-refractivity contribution is -0.117. The highest BCUT2D eigenvalue weighted by molar-refractivity contribution is 5.97. The molecule has 1 unspecified atom stereocenters. The van der Waals surface area contributed by atoms with E-state index in [1.807, 2.05) is 6.07 Å². The minimum absolute atomic E-state index is 0.206. The number of rotatable bonds is 10. The summed E-state index contributed by atoms with van der Waals surface area (Å²) in [5, 5.41) is 12.1. The number of carbonyl (C=O) groups excluding carboxylic acids is 1. The molecule has 0 aromatic heterocycles. The Labute approximate surface area is 140 Å². The number of hydrogen-bond donors (Lipinski definition) is 1. The Balaban J connectivity index is 2.36. The molecule has 5 nitrogen and oxygen atoms in total. The zero-order valence-electron chi connectivity index (χ0n) is 14.6. The maximum absolute atomic E-state index is 12.1. The lowest BCUT2D eigenvalue weighted by atomic mass is 10.0. The van der Waals surface area contributed by atoms with Gasteiger partial charge in [0.1, 0.15) is 11.6 Å². The molecule has 1 aliphatic heterocycles. The number of amides is 1. The van der Waals surface area contributed by atoms with Crippen LogP contribution in [0.3, 0.4) is 0 Å². The fourth-order valence-corrected chi connectivity index (χ4v) is 2.76. The van der Waals surface area contributed by atoms with Crippen LogP contribution in [-0.2, 0) is 9.53 Å². The molecule has 0 saturated carbocycles. The van der Waals surface area contributed by atoms with Crippen LogP contribution in [0, 0.1) is 11.3 Å². The molecule has 0 radical (unpaired) electrons. The SMILES string of the molecule is CCCCOCCCNC(=O)/C(C#N)=C\N1CCCCC1CC. The molecule has 130 valence electrons. The van der Waals surface area contributed by atoms with Crippen LogP contribution in [0.4, 0.5) is 0 Å². The highest BCUT2D eigenvalue weighted by Gasteiger charge is 2.20. The summed E-state index contributed by atoms with van der Waals surface area (Å²) in [5.41, 5.74) is 0.206. The first kappa shape index (κ1) is 19.5. The van der Waals surface area contributed by atoms with Crippen LogP contribution in [0.15, 0.2) is 11.8 Å². The van der Waals surface area contributed by atoms with Gasteiger partial charge in [-0.25, -0.2) is 0 Å². The van der Waals surface area contributed by atoms with Gasteiger partial charge in [0.05, 0.1) is 0 Å². The van der Waals surface area contributed by atoms with Gasteiger partial charge in [0.15, 0.2) is 0 Å². The van der Waals surface area contributed by atoms with Crippen LogP contribution < -0.4 is 5.32 Å². The minimum atomic E-state index is -0.276. The molecule has 1 atom stereocenters. The zero-order valence-corrected chi connectivity index (χ0v) is 14.6. The number of nitrogens with one attached hydrogen (secondary N) is 1. The van der Waals surface area contributed by atoms with Crippen LogP contribution in [0.25, 0.3) is 0 Å². The van der Waals surface area contributed by atoms with Crippen molar-refractivity contribution in [2.24, 2.45) is 0 Å². The molecule has 1 rings (SSSR count). The number of piperidine rings is 1. The minimum Gasteiger partial charge on any atom is -0.381 e. The molecule has 0 spiro atoms. The number of hydrogen-bond acceptors (Lipinski definition) is 4. The molecule has 1 fully saturated rings. The fourth-order valence-electron chi connectivity index (χ4n) is 2.76. The lowest BCUT2D eigenvalue weighted by Gasteiger charge is -2.34. The second kappa shape index (κ2) is 12.0. The predicted octanol–water partition coefficient (Wildman–Crippen LogP) is 2.98. The Bertz CT molecular complexity index is 415. The molecule has 5 heteroatoms. The van der Waals surface area contributed by atoms with Crippen LogP contribution >= 0.6 is 0 Å². The summed E-state index contributed by atoms with van der Waals surface area (Å²) in [5.74, 6) is -0.276. The van der Waals surface area contributed by atoms with Gasteiger partial charge in [-0.2, -0.15) is 5.26 Å². The summed E-state index contributed by atoms with van der Waals surface area (Å²) in [6.07, 6.45) is 9.27. The Hall–Kier alpha value is -1.54. The van der Waals surface area contributed by atoms with E-state index < -0.39 is 0 Å². The van der Waals surface area contributed by atoms with Gasteiger partial charge in [-0.15, -0.1) is 0 Å². The first-order valence-corrected chi connectivity index (χ1v) is 8.96. The van der Waals surface area contributed by atoms with Gasteiger partial charge < -0.3 is 15.0 Å². The predicted molar refractivity (Wildman–Crippen MR) is 91.7 cm³/mol. The summed E-state index contributed by atoms with van der Waals surface area (Å²) in [7, 11) is 0. The van der Waals surface area contributed by atoms with Crippen LogP contribution in [-0.4, -0.2) is 43.2 Å². The molecule has 0 aromatic rings. The monoisotopic (exact) mass is 321 g/mol. The van der Waals surface area contributed by atoms with Crippen molar-refractivity contribution in [1.29, 1.82) is 5.26 Å². The van der Waals surface area contributed by atoms with Crippen molar-refractivity contribution in [1.82, 2.24) is 10.2 Å². The van der Waals surface area contributed by atoms with Crippen molar-refractivity contribution >= 4 is 5.91 Å². The van der Waals surface area contributed by atoms with E-state index in [9.17, 15) is 10.1 Å². The van der Waals surface area contributed by atoms with E-state index in [1.54, 1.807) is 6.20 Å². The third-order valence-corrected chi connectivity index (χ3v) is 4.20. The number of unbranched alkanes of at least 4 members (excludes halogenated alkanes) is 1. The summed E-state index contributed by atoms with van der Waals surface area (Å²) < 4.78 is 5.45. The first-order valence-electron chi connectivity index (χ1n) is 8.96. The van der Waals surface area contributed by atoms with E-state index in [1.165, 1.54) is 6.42 Å². The topological polar surface area (TPSA) is 65.4 Å². The van der Waals surface area contributed by atoms with Crippen LogP contribution in [0.5, 0.6) is 0 Å². The number of nitriles is 1. The number of ether oxygens (including phenoxy) is 1. The lowest BCUT2D eigenvalue weighted by Crippen LogP contribution is -2.36. The normalized spacial score (nSPS) is 18.6. The Morgan fingerprint density at radius 2 is 2.13 bits per heavy atom. The molecule has 1 aliphatic rings. The standard InChI is InChI=1S/C18H31N3O2/c1-3-5-12-23-13-8-10-20-18(22)16(14-19)15-21-11-7-6-9-17(21)4-2/h15,17H,3-13H2,1-2H3,(H,20,22)/b16-15-. The van der Waals surface area contributed by atoms with E-state index >= 15 is 0 Å². The molecule has 0 bridgehead atoms. The quantitative estimate of drug-likeness (QED) is 0.382. The molecular weight excluding hydrogens is 290 g/mol. The molecule has 1 amide bonds. The van der Waals surface area contributed by atoms with Crippen molar-refractivity contribution in [3.8, 4) is 6.07 Å². The van der Waals surface area contributed by atoms with E-state index in [0.29, 0.717) is 19.2 Å². The third kappa shape index (κ3) is 7.51. The van der Waals surface area contributed by atoms with Crippen molar-refractivity contribution in [3.63, 3.8) is 0 Å². The number of likely N-dealkylation sites (tertiary alicyclic amines) is 1. The van der Waals surface area contributed by atoms with Crippen LogP contribution in [0.2, 0.25) is 0 Å². The highest BCUT2D eigenvalue weighted by Crippen LogP contribution is 2.20. The van der Waals surface area contributed by atoms with Crippen molar-refractivity contribution in [2.75, 3.05) is 26.3 Å². The van der Waals surface area contributed by atoms with Gasteiger partial charge in [0, 0.05) is 38.5 Å². The average Bonchev–Trinajstić information content (AvgIpc) is 2.59. The summed E-state index contributed by atoms with van der Waals surface area (Å²) in [6.45, 7) is 7.19. The van der Waals surface area contributed by atoms with Crippen molar-refractivity contribution in [2.45, 2.75) is 64.8 Å². The van der Waals surface area contributed by atoms with E-state index in [4.69, 9.17) is 4.74 Å². The average molecular weight is 321 g/mol. The maximum Gasteiger partial charge on any atom is 0.263 e. The van der Waals surface area contributed by atoms with Crippen LogP contribution in [0.1, 0.15) is 58.8 Å². The number of carbonyl (C=O) groups is 1. The van der Waals surface area contributed by atoms with E-state index in [-0.39, 0.29) is 11.5 Å². The second-order valence-corrected chi connectivity index (χ2v) is 6.03. The zero-order chi connectivity index (χ0) is 16.9. The first-order chi connectivity index (χ1) is 11.2. The second-order valence-electron chi connectivity index (χ2n) is 6.03. The molecular formula is C18H31N3O2. The van der Waals surface area contributed by atoms with Gasteiger partial charge >= 0.3 is 0 Å². The Morgan fingerprint density at radius 1 is 1.35 bits per heavy atom. The van der Waals surface area contributed by atoms with Gasteiger partial charge in [-0.05, 0) is 38.5 Å². The smallest absolute Gasteiger partial charge is 0.263 e. The maximum atomic E-state index is 12.1. The molecule has 23 heavy (non-hydrogen) atoms. The Morgan fingerprint density at radius 3 is 2.83 bits per heavy atom. The fraction of sp³-hybridized carbons (Fsp3) is 0.778. The summed E-state index contributed by atoms with van der Waals surface area (Å²) in [6, 6.07) is 2.49. The number of nitrogens with zero attached hydrogens (tertiary/aromatic N) is 2. The molecule has 0 aliphatic carbocycles. The molecule has 0 aromatic carbocycles.